The van der Waals surface area contributed by atoms with Crippen LogP contribution in [0.15, 0.2) is 30.3 Å². The molecule has 1 aromatic heterocycles. The van der Waals surface area contributed by atoms with E-state index in [0.29, 0.717) is 11.5 Å². The van der Waals surface area contributed by atoms with Gasteiger partial charge in [-0.2, -0.15) is 0 Å². The second-order valence-corrected chi connectivity index (χ2v) is 4.87. The second-order valence-electron chi connectivity index (χ2n) is 2.88. The normalized spacial score (nSPS) is 10.2. The lowest BCUT2D eigenvalue weighted by Gasteiger charge is -2.06. The number of hydrogen-bond donors (Lipinski definition) is 0. The van der Waals surface area contributed by atoms with Crippen LogP contribution in [0.25, 0.3) is 0 Å². The Morgan fingerprint density at radius 2 is 1.75 bits per heavy atom. The van der Waals surface area contributed by atoms with Crippen LogP contribution in [0.2, 0.25) is 10.3 Å². The molecular formula is C10H5Cl2IN2O. The van der Waals surface area contributed by atoms with Crippen LogP contribution in [0.1, 0.15) is 0 Å². The van der Waals surface area contributed by atoms with Crippen LogP contribution < -0.4 is 4.74 Å². The molecule has 0 saturated heterocycles. The first-order valence-corrected chi connectivity index (χ1v) is 6.11. The van der Waals surface area contributed by atoms with Gasteiger partial charge in [0.25, 0.3) is 0 Å². The summed E-state index contributed by atoms with van der Waals surface area (Å²) in [4.78, 5) is 0. The number of halogens is 3. The Hall–Kier alpha value is -0.590. The fourth-order valence-electron chi connectivity index (χ4n) is 1.04. The largest absolute Gasteiger partial charge is 0.454 e. The maximum Gasteiger partial charge on any atom is 0.194 e. The van der Waals surface area contributed by atoms with Crippen molar-refractivity contribution in [2.45, 2.75) is 0 Å². The Balaban J connectivity index is 2.26. The molecule has 0 spiro atoms. The molecule has 0 saturated carbocycles. The highest BCUT2D eigenvalue weighted by atomic mass is 127. The molecule has 0 aliphatic heterocycles. The third-order valence-electron chi connectivity index (χ3n) is 1.73. The van der Waals surface area contributed by atoms with Gasteiger partial charge in [-0.3, -0.25) is 0 Å². The standard InChI is InChI=1S/C10H5Cl2IN2O/c11-9-5-8(10(12)15-14-9)16-7-3-1-6(13)2-4-7/h1-5H. The van der Waals surface area contributed by atoms with Gasteiger partial charge >= 0.3 is 0 Å². The van der Waals surface area contributed by atoms with Crippen LogP contribution in [0, 0.1) is 3.57 Å². The van der Waals surface area contributed by atoms with E-state index >= 15 is 0 Å². The molecule has 82 valence electrons. The van der Waals surface area contributed by atoms with Crippen LogP contribution in [0.3, 0.4) is 0 Å². The zero-order chi connectivity index (χ0) is 11.5. The molecule has 6 heteroatoms. The molecule has 0 aliphatic rings. The van der Waals surface area contributed by atoms with Crippen molar-refractivity contribution in [3.8, 4) is 11.5 Å². The fourth-order valence-corrected chi connectivity index (χ4v) is 1.67. The van der Waals surface area contributed by atoms with Crippen molar-refractivity contribution < 1.29 is 4.74 Å². The molecule has 0 amide bonds. The third-order valence-corrected chi connectivity index (χ3v) is 2.89. The first kappa shape index (κ1) is 11.9. The quantitative estimate of drug-likeness (QED) is 0.748. The zero-order valence-corrected chi connectivity index (χ0v) is 11.5. The highest BCUT2D eigenvalue weighted by Gasteiger charge is 2.06. The summed E-state index contributed by atoms with van der Waals surface area (Å²) in [7, 11) is 0. The van der Waals surface area contributed by atoms with E-state index in [1.54, 1.807) is 0 Å². The Morgan fingerprint density at radius 1 is 1.06 bits per heavy atom. The van der Waals surface area contributed by atoms with Gasteiger partial charge in [-0.25, -0.2) is 0 Å². The van der Waals surface area contributed by atoms with E-state index < -0.39 is 0 Å². The summed E-state index contributed by atoms with van der Waals surface area (Å²) < 4.78 is 6.65. The number of hydrogen-bond acceptors (Lipinski definition) is 3. The number of ether oxygens (including phenoxy) is 1. The minimum absolute atomic E-state index is 0.183. The average molecular weight is 367 g/mol. The van der Waals surface area contributed by atoms with Gasteiger partial charge in [-0.15, -0.1) is 10.2 Å². The summed E-state index contributed by atoms with van der Waals surface area (Å²) in [6.07, 6.45) is 0. The van der Waals surface area contributed by atoms with Gasteiger partial charge in [0.2, 0.25) is 0 Å². The van der Waals surface area contributed by atoms with E-state index in [9.17, 15) is 0 Å². The second kappa shape index (κ2) is 5.16. The predicted molar refractivity (Wildman–Crippen MR) is 71.3 cm³/mol. The van der Waals surface area contributed by atoms with Gasteiger partial charge in [0.1, 0.15) is 5.75 Å². The van der Waals surface area contributed by atoms with E-state index in [1.165, 1.54) is 6.07 Å². The highest BCUT2D eigenvalue weighted by Crippen LogP contribution is 2.28. The highest BCUT2D eigenvalue weighted by molar-refractivity contribution is 14.1. The minimum atomic E-state index is 0.183. The van der Waals surface area contributed by atoms with E-state index in [4.69, 9.17) is 27.9 Å². The molecule has 0 aliphatic carbocycles. The maximum absolute atomic E-state index is 5.82. The van der Waals surface area contributed by atoms with Crippen LogP contribution in [-0.4, -0.2) is 10.2 Å². The Bertz CT molecular complexity index is 505. The van der Waals surface area contributed by atoms with E-state index in [2.05, 4.69) is 32.8 Å². The van der Waals surface area contributed by atoms with Crippen molar-refractivity contribution in [2.75, 3.05) is 0 Å². The molecule has 0 fully saturated rings. The molecular weight excluding hydrogens is 362 g/mol. The lowest BCUT2D eigenvalue weighted by molar-refractivity contribution is 0.478. The Morgan fingerprint density at radius 3 is 2.44 bits per heavy atom. The molecule has 0 N–H and O–H groups in total. The molecule has 0 atom stereocenters. The lowest BCUT2D eigenvalue weighted by Crippen LogP contribution is -1.90. The summed E-state index contributed by atoms with van der Waals surface area (Å²) >= 11 is 13.7. The molecule has 16 heavy (non-hydrogen) atoms. The fraction of sp³-hybridized carbons (Fsp3) is 0. The van der Waals surface area contributed by atoms with Crippen LogP contribution in [0.4, 0.5) is 0 Å². The van der Waals surface area contributed by atoms with Crippen LogP contribution >= 0.6 is 45.8 Å². The maximum atomic E-state index is 5.82. The van der Waals surface area contributed by atoms with Gasteiger partial charge in [-0.05, 0) is 46.9 Å². The summed E-state index contributed by atoms with van der Waals surface area (Å²) in [5.74, 6) is 1.06. The van der Waals surface area contributed by atoms with Gasteiger partial charge in [0.05, 0.1) is 0 Å². The smallest absolute Gasteiger partial charge is 0.194 e. The zero-order valence-electron chi connectivity index (χ0n) is 7.82. The van der Waals surface area contributed by atoms with E-state index in [0.717, 1.165) is 3.57 Å². The van der Waals surface area contributed by atoms with Gasteiger partial charge in [-0.1, -0.05) is 23.2 Å². The van der Waals surface area contributed by atoms with Crippen molar-refractivity contribution in [2.24, 2.45) is 0 Å². The first-order chi connectivity index (χ1) is 7.65. The van der Waals surface area contributed by atoms with Crippen molar-refractivity contribution in [3.05, 3.63) is 44.2 Å². The summed E-state index contributed by atoms with van der Waals surface area (Å²) in [5, 5.41) is 7.67. The molecule has 3 nitrogen and oxygen atoms in total. The molecule has 0 radical (unpaired) electrons. The number of nitrogens with zero attached hydrogens (tertiary/aromatic N) is 2. The van der Waals surface area contributed by atoms with Crippen molar-refractivity contribution in [1.29, 1.82) is 0 Å². The van der Waals surface area contributed by atoms with Crippen LogP contribution in [0.5, 0.6) is 11.5 Å². The molecule has 1 heterocycles. The van der Waals surface area contributed by atoms with Crippen molar-refractivity contribution >= 4 is 45.8 Å². The Kier molecular flexibility index (Phi) is 3.83. The van der Waals surface area contributed by atoms with Gasteiger partial charge < -0.3 is 4.74 Å². The summed E-state index contributed by atoms with van der Waals surface area (Å²) in [6, 6.07) is 9.06. The molecule has 2 rings (SSSR count). The minimum Gasteiger partial charge on any atom is -0.454 e. The van der Waals surface area contributed by atoms with Crippen LogP contribution in [-0.2, 0) is 0 Å². The monoisotopic (exact) mass is 366 g/mol. The molecule has 0 unspecified atom stereocenters. The van der Waals surface area contributed by atoms with Crippen molar-refractivity contribution in [3.63, 3.8) is 0 Å². The third kappa shape index (κ3) is 2.96. The average Bonchev–Trinajstić information content (AvgIpc) is 2.27. The van der Waals surface area contributed by atoms with Gasteiger partial charge in [0.15, 0.2) is 16.1 Å². The summed E-state index contributed by atoms with van der Waals surface area (Å²) in [6.45, 7) is 0. The van der Waals surface area contributed by atoms with E-state index in [1.807, 2.05) is 24.3 Å². The molecule has 1 aromatic carbocycles. The molecule has 0 bridgehead atoms. The molecule has 2 aromatic rings. The van der Waals surface area contributed by atoms with Gasteiger partial charge in [0, 0.05) is 9.64 Å². The SMILES string of the molecule is Clc1cc(Oc2ccc(I)cc2)c(Cl)nn1. The number of rotatable bonds is 2. The first-order valence-electron chi connectivity index (χ1n) is 4.27. The summed E-state index contributed by atoms with van der Waals surface area (Å²) in [5.41, 5.74) is 0. The lowest BCUT2D eigenvalue weighted by atomic mass is 10.3. The van der Waals surface area contributed by atoms with Crippen molar-refractivity contribution in [1.82, 2.24) is 10.2 Å². The van der Waals surface area contributed by atoms with E-state index in [-0.39, 0.29) is 10.3 Å². The number of benzene rings is 1. The predicted octanol–water partition coefficient (Wildman–Crippen LogP) is 4.18. The Labute approximate surface area is 116 Å². The topological polar surface area (TPSA) is 35.0 Å². The number of aromatic nitrogens is 2.